The number of aliphatic hydroxyl groups excluding tert-OH is 1. The number of nitrogens with zero attached hydrogens (tertiary/aromatic N) is 5. The van der Waals surface area contributed by atoms with Gasteiger partial charge in [-0.3, -0.25) is 24.5 Å². The highest BCUT2D eigenvalue weighted by Crippen LogP contribution is 2.36. The summed E-state index contributed by atoms with van der Waals surface area (Å²) in [7, 11) is 0. The molecule has 0 bridgehead atoms. The van der Waals surface area contributed by atoms with Gasteiger partial charge in [0.1, 0.15) is 23.7 Å². The van der Waals surface area contributed by atoms with Gasteiger partial charge in [-0.05, 0) is 115 Å². The fraction of sp³-hybridized carbons (Fsp3) is 0.367. The molecule has 16 nitrogen and oxygen atoms in total. The van der Waals surface area contributed by atoms with Gasteiger partial charge < -0.3 is 35.4 Å². The van der Waals surface area contributed by atoms with Crippen LogP contribution in [0.4, 0.5) is 10.9 Å². The molecule has 5 heterocycles. The minimum atomic E-state index is -1.16. The lowest BCUT2D eigenvalue weighted by molar-refractivity contribution is -0.144. The van der Waals surface area contributed by atoms with Gasteiger partial charge in [-0.1, -0.05) is 106 Å². The number of carboxylic acid groups (broad SMARTS) is 1. The molecule has 5 N–H and O–H groups in total. The van der Waals surface area contributed by atoms with E-state index >= 15 is 0 Å². The molecule has 78 heavy (non-hydrogen) atoms. The number of aryl methyl sites for hydroxylation is 1. The van der Waals surface area contributed by atoms with Crippen LogP contribution in [0.1, 0.15) is 121 Å². The van der Waals surface area contributed by atoms with Crippen LogP contribution in [-0.2, 0) is 27.3 Å². The Morgan fingerprint density at radius 1 is 0.859 bits per heavy atom. The summed E-state index contributed by atoms with van der Waals surface area (Å²) in [6.07, 6.45) is 2.92. The number of likely N-dealkylation sites (tertiary alicyclic amines) is 1. The molecule has 0 aliphatic carbocycles. The highest BCUT2D eigenvalue weighted by molar-refractivity contribution is 7.22. The zero-order valence-electron chi connectivity index (χ0n) is 44.8. The fourth-order valence-electron chi connectivity index (χ4n) is 10.3. The number of fused-ring (bicyclic) bond motifs is 2. The van der Waals surface area contributed by atoms with E-state index in [4.69, 9.17) is 9.72 Å². The molecule has 1 fully saturated rings. The van der Waals surface area contributed by atoms with Crippen molar-refractivity contribution in [2.24, 2.45) is 5.41 Å². The molecular formula is C60H66N8O8S2. The first-order chi connectivity index (χ1) is 37.4. The summed E-state index contributed by atoms with van der Waals surface area (Å²) >= 11 is 2.99. The van der Waals surface area contributed by atoms with E-state index in [9.17, 15) is 34.2 Å². The molecule has 4 aromatic carbocycles. The van der Waals surface area contributed by atoms with E-state index in [0.717, 1.165) is 61.4 Å². The normalized spacial score (nSPS) is 16.1. The Kier molecular flexibility index (Phi) is 17.0. The summed E-state index contributed by atoms with van der Waals surface area (Å²) < 4.78 is 7.22. The van der Waals surface area contributed by atoms with Crippen molar-refractivity contribution in [3.8, 4) is 27.3 Å². The number of rotatable bonds is 19. The van der Waals surface area contributed by atoms with Crippen LogP contribution in [0.15, 0.2) is 103 Å². The quantitative estimate of drug-likeness (QED) is 0.0478. The molecule has 2 aliphatic rings. The summed E-state index contributed by atoms with van der Waals surface area (Å²) in [5, 5.41) is 30.7. The minimum absolute atomic E-state index is 0.00923. The minimum Gasteiger partial charge on any atom is -0.493 e. The average Bonchev–Trinajstić information content (AvgIpc) is 4.25. The maximum Gasteiger partial charge on any atom is 0.355 e. The van der Waals surface area contributed by atoms with E-state index in [-0.39, 0.29) is 48.8 Å². The van der Waals surface area contributed by atoms with Crippen LogP contribution in [-0.4, -0.2) is 97.5 Å². The number of para-hydroxylation sites is 1. The SMILES string of the molecule is Cc1ncsc1-c1ccc([C@H](C)NC(=O)[C@@H]2C[C@@H](O)CN2C(=O)[C@@H](NC(=O)CCCCCCOc2cccc(-c3ccc(N4CCc5cccc(C(=O)Nc6nc7ccccc7s6)c5C4)nc3C(=O)O)c2C)C(C)(C)C)cc1. The largest absolute Gasteiger partial charge is 0.493 e. The highest BCUT2D eigenvalue weighted by atomic mass is 32.1. The van der Waals surface area contributed by atoms with Gasteiger partial charge in [0, 0.05) is 43.6 Å². The maximum atomic E-state index is 14.2. The third-order valence-electron chi connectivity index (χ3n) is 14.6. The predicted octanol–water partition coefficient (Wildman–Crippen LogP) is 10.3. The van der Waals surface area contributed by atoms with Gasteiger partial charge in [-0.2, -0.15) is 0 Å². The number of thiazole rings is 2. The van der Waals surface area contributed by atoms with E-state index in [1.807, 2.05) is 137 Å². The van der Waals surface area contributed by atoms with Crippen molar-refractivity contribution in [3.05, 3.63) is 142 Å². The monoisotopic (exact) mass is 1090 g/mol. The van der Waals surface area contributed by atoms with Gasteiger partial charge in [-0.15, -0.1) is 11.3 Å². The van der Waals surface area contributed by atoms with Crippen LogP contribution in [0.25, 0.3) is 31.8 Å². The Labute approximate surface area is 462 Å². The van der Waals surface area contributed by atoms with Crippen molar-refractivity contribution in [1.82, 2.24) is 30.5 Å². The van der Waals surface area contributed by atoms with Crippen LogP contribution in [0.2, 0.25) is 0 Å². The number of aliphatic hydroxyl groups is 1. The van der Waals surface area contributed by atoms with E-state index in [1.54, 1.807) is 23.5 Å². The van der Waals surface area contributed by atoms with Crippen molar-refractivity contribution in [2.45, 2.75) is 117 Å². The molecule has 4 atom stereocenters. The number of amides is 4. The molecular weight excluding hydrogens is 1020 g/mol. The Bertz CT molecular complexity index is 3320. The first-order valence-corrected chi connectivity index (χ1v) is 28.2. The van der Waals surface area contributed by atoms with Crippen molar-refractivity contribution in [3.63, 3.8) is 0 Å². The Morgan fingerprint density at radius 2 is 1.63 bits per heavy atom. The van der Waals surface area contributed by atoms with Crippen molar-refractivity contribution >= 4 is 73.4 Å². The molecule has 18 heteroatoms. The van der Waals surface area contributed by atoms with Gasteiger partial charge in [0.25, 0.3) is 5.91 Å². The number of hydrogen-bond donors (Lipinski definition) is 5. The second-order valence-corrected chi connectivity index (χ2v) is 23.1. The Morgan fingerprint density at radius 3 is 2.37 bits per heavy atom. The zero-order valence-corrected chi connectivity index (χ0v) is 46.4. The number of aromatic carboxylic acids is 1. The second-order valence-electron chi connectivity index (χ2n) is 21.2. The smallest absolute Gasteiger partial charge is 0.355 e. The molecule has 4 amide bonds. The molecule has 0 unspecified atom stereocenters. The van der Waals surface area contributed by atoms with Crippen LogP contribution in [0, 0.1) is 19.3 Å². The molecule has 2 aliphatic heterocycles. The van der Waals surface area contributed by atoms with E-state index in [0.29, 0.717) is 72.3 Å². The number of carbonyl (C=O) groups is 5. The first kappa shape index (κ1) is 55.2. The van der Waals surface area contributed by atoms with E-state index in [1.165, 1.54) is 16.2 Å². The number of pyridine rings is 1. The van der Waals surface area contributed by atoms with Crippen LogP contribution in [0.5, 0.6) is 5.75 Å². The zero-order chi connectivity index (χ0) is 55.3. The van der Waals surface area contributed by atoms with Crippen LogP contribution in [0.3, 0.4) is 0 Å². The summed E-state index contributed by atoms with van der Waals surface area (Å²) in [5.41, 5.74) is 9.16. The van der Waals surface area contributed by atoms with Gasteiger partial charge in [0.2, 0.25) is 17.7 Å². The third-order valence-corrected chi connectivity index (χ3v) is 16.6. The predicted molar refractivity (Wildman–Crippen MR) is 305 cm³/mol. The number of anilines is 2. The number of benzene rings is 4. The van der Waals surface area contributed by atoms with E-state index < -0.39 is 35.5 Å². The topological polar surface area (TPSA) is 216 Å². The van der Waals surface area contributed by atoms with Crippen LogP contribution >= 0.6 is 22.7 Å². The summed E-state index contributed by atoms with van der Waals surface area (Å²) in [5.74, 6) is -1.32. The van der Waals surface area contributed by atoms with Crippen molar-refractivity contribution in [2.75, 3.05) is 29.9 Å². The van der Waals surface area contributed by atoms with Crippen molar-refractivity contribution in [1.29, 1.82) is 0 Å². The standard InChI is InChI=1S/C60H66N8O8S2/c1-35-42(43-26-27-50(64-52(43)58(74)75)67-29-28-39-15-13-17-44(45(39)33-67)55(71)66-59-63-46-18-10-11-20-49(46)78-59)16-14-19-48(35)76-30-12-8-7-9-21-51(70)65-54(60(4,5)6)57(73)68-32-41(69)31-47(68)56(72)62-36(2)38-22-24-40(25-23-38)53-37(3)61-34-77-53/h10-11,13-20,22-27,34,36,41,47,54,69H,7-9,12,21,28-33H2,1-6H3,(H,62,72)(H,65,70)(H,74,75)(H,63,66,71)/t36-,41+,47-,54+/m0/s1. The van der Waals surface area contributed by atoms with Crippen LogP contribution < -0.4 is 25.6 Å². The summed E-state index contributed by atoms with van der Waals surface area (Å²) in [6.45, 7) is 12.7. The highest BCUT2D eigenvalue weighted by Gasteiger charge is 2.45. The number of carboxylic acids is 1. The van der Waals surface area contributed by atoms with E-state index in [2.05, 4.69) is 25.9 Å². The van der Waals surface area contributed by atoms with Crippen molar-refractivity contribution < 1.29 is 38.9 Å². The molecule has 9 rings (SSSR count). The number of carbonyl (C=O) groups excluding carboxylic acids is 4. The lowest BCUT2D eigenvalue weighted by atomic mass is 9.85. The molecule has 1 saturated heterocycles. The number of aromatic nitrogens is 3. The Balaban J connectivity index is 0.749. The number of nitrogens with one attached hydrogen (secondary N) is 3. The molecule has 0 radical (unpaired) electrons. The molecule has 3 aromatic heterocycles. The summed E-state index contributed by atoms with van der Waals surface area (Å²) in [4.78, 5) is 86.0. The number of β-amino-alcohol motifs (C(OH)–C–C–N with tert-alkyl or cyclic N) is 1. The molecule has 406 valence electrons. The molecule has 7 aromatic rings. The van der Waals surface area contributed by atoms with Gasteiger partial charge in [0.15, 0.2) is 10.8 Å². The first-order valence-electron chi connectivity index (χ1n) is 26.5. The average molecular weight is 1090 g/mol. The lowest BCUT2D eigenvalue weighted by Crippen LogP contribution is -2.57. The van der Waals surface area contributed by atoms with Gasteiger partial charge >= 0.3 is 5.97 Å². The second kappa shape index (κ2) is 24.0. The number of ether oxygens (including phenoxy) is 1. The molecule has 0 spiro atoms. The summed E-state index contributed by atoms with van der Waals surface area (Å²) in [6, 6.07) is 28.4. The lowest BCUT2D eigenvalue weighted by Gasteiger charge is -2.35. The van der Waals surface area contributed by atoms with Gasteiger partial charge in [-0.25, -0.2) is 19.7 Å². The third kappa shape index (κ3) is 12.6. The number of unbranched alkanes of at least 4 members (excludes halogenated alkanes) is 3. The fourth-order valence-corrected chi connectivity index (χ4v) is 12.0. The maximum absolute atomic E-state index is 14.2. The van der Waals surface area contributed by atoms with Gasteiger partial charge in [0.05, 0.1) is 45.1 Å². The Hall–Kier alpha value is -7.54. The molecule has 0 saturated carbocycles. The number of hydrogen-bond acceptors (Lipinski definition) is 13.